The molecule has 8 heteroatoms. The molecule has 0 fully saturated rings. The Hall–Kier alpha value is -3.97. The third kappa shape index (κ3) is 4.95. The molecule has 1 N–H and O–H groups in total. The van der Waals surface area contributed by atoms with Crippen LogP contribution in [0.2, 0.25) is 5.02 Å². The van der Waals surface area contributed by atoms with Crippen molar-refractivity contribution in [1.29, 1.82) is 0 Å². The molecule has 0 spiro atoms. The van der Waals surface area contributed by atoms with Crippen molar-refractivity contribution in [2.45, 2.75) is 26.4 Å². The van der Waals surface area contributed by atoms with Crippen LogP contribution in [0.5, 0.6) is 0 Å². The van der Waals surface area contributed by atoms with Gasteiger partial charge in [-0.05, 0) is 60.2 Å². The SMILES string of the molecule is CCC(OC(=O)c1c(-c2ccc(Cl)cc2)c2ccccc2c(=O)n1C)C(=O)Nc1cc(C)ccn1. The second kappa shape index (κ2) is 10.1. The van der Waals surface area contributed by atoms with E-state index in [0.29, 0.717) is 32.7 Å². The number of anilines is 1. The highest BCUT2D eigenvalue weighted by molar-refractivity contribution is 6.30. The van der Waals surface area contributed by atoms with Crippen LogP contribution in [-0.4, -0.2) is 27.5 Å². The van der Waals surface area contributed by atoms with Gasteiger partial charge in [-0.15, -0.1) is 0 Å². The molecule has 0 aliphatic heterocycles. The maximum atomic E-state index is 13.5. The van der Waals surface area contributed by atoms with Crippen LogP contribution in [0.1, 0.15) is 29.4 Å². The number of aryl methyl sites for hydroxylation is 1. The van der Waals surface area contributed by atoms with Crippen LogP contribution >= 0.6 is 11.6 Å². The molecule has 0 saturated heterocycles. The Kier molecular flexibility index (Phi) is 6.98. The molecule has 4 aromatic rings. The number of hydrogen-bond acceptors (Lipinski definition) is 5. The number of ether oxygens (including phenoxy) is 1. The number of nitrogens with one attached hydrogen (secondary N) is 1. The van der Waals surface area contributed by atoms with Gasteiger partial charge in [0, 0.05) is 29.2 Å². The van der Waals surface area contributed by atoms with E-state index in [9.17, 15) is 14.4 Å². The van der Waals surface area contributed by atoms with Gasteiger partial charge in [-0.2, -0.15) is 0 Å². The van der Waals surface area contributed by atoms with Gasteiger partial charge in [-0.3, -0.25) is 9.59 Å². The van der Waals surface area contributed by atoms with E-state index < -0.39 is 18.0 Å². The molecule has 0 radical (unpaired) electrons. The van der Waals surface area contributed by atoms with Gasteiger partial charge in [0.15, 0.2) is 6.10 Å². The normalized spacial score (nSPS) is 11.8. The summed E-state index contributed by atoms with van der Waals surface area (Å²) in [6.07, 6.45) is 0.743. The fraction of sp³-hybridized carbons (Fsp3) is 0.185. The Morgan fingerprint density at radius 3 is 2.43 bits per heavy atom. The molecule has 0 saturated carbocycles. The van der Waals surface area contributed by atoms with Gasteiger partial charge in [-0.1, -0.05) is 48.9 Å². The Morgan fingerprint density at radius 1 is 1.09 bits per heavy atom. The van der Waals surface area contributed by atoms with Gasteiger partial charge in [0.25, 0.3) is 11.5 Å². The highest BCUT2D eigenvalue weighted by Crippen LogP contribution is 2.32. The summed E-state index contributed by atoms with van der Waals surface area (Å²) in [6.45, 7) is 3.62. The number of benzene rings is 2. The zero-order valence-electron chi connectivity index (χ0n) is 19.5. The van der Waals surface area contributed by atoms with Crippen LogP contribution in [0.25, 0.3) is 21.9 Å². The van der Waals surface area contributed by atoms with Crippen LogP contribution < -0.4 is 10.9 Å². The molecule has 1 unspecified atom stereocenters. The number of nitrogens with zero attached hydrogens (tertiary/aromatic N) is 2. The molecule has 2 heterocycles. The number of carbonyl (C=O) groups excluding carboxylic acids is 2. The van der Waals surface area contributed by atoms with E-state index >= 15 is 0 Å². The summed E-state index contributed by atoms with van der Waals surface area (Å²) in [5.41, 5.74) is 1.86. The predicted octanol–water partition coefficient (Wildman–Crippen LogP) is 5.14. The summed E-state index contributed by atoms with van der Waals surface area (Å²) in [6, 6.07) is 17.6. The van der Waals surface area contributed by atoms with Crippen molar-refractivity contribution in [2.75, 3.05) is 5.32 Å². The molecule has 0 aliphatic rings. The number of pyridine rings is 2. The zero-order valence-corrected chi connectivity index (χ0v) is 20.3. The minimum atomic E-state index is -1.08. The Labute approximate surface area is 207 Å². The first kappa shape index (κ1) is 24.2. The molecule has 35 heavy (non-hydrogen) atoms. The minimum Gasteiger partial charge on any atom is -0.448 e. The quantitative estimate of drug-likeness (QED) is 0.379. The van der Waals surface area contributed by atoms with Gasteiger partial charge in [0.1, 0.15) is 11.5 Å². The van der Waals surface area contributed by atoms with Crippen LogP contribution in [0.4, 0.5) is 5.82 Å². The lowest BCUT2D eigenvalue weighted by Crippen LogP contribution is -2.34. The summed E-state index contributed by atoms with van der Waals surface area (Å²) in [5.74, 6) is -0.915. The lowest BCUT2D eigenvalue weighted by Gasteiger charge is -2.20. The lowest BCUT2D eigenvalue weighted by molar-refractivity contribution is -0.124. The summed E-state index contributed by atoms with van der Waals surface area (Å²) in [4.78, 5) is 43.6. The lowest BCUT2D eigenvalue weighted by atomic mass is 9.96. The third-order valence-corrected chi connectivity index (χ3v) is 5.96. The topological polar surface area (TPSA) is 90.3 Å². The molecular formula is C27H24ClN3O4. The van der Waals surface area contributed by atoms with Crippen molar-refractivity contribution < 1.29 is 14.3 Å². The second-order valence-electron chi connectivity index (χ2n) is 8.15. The van der Waals surface area contributed by atoms with Crippen LogP contribution in [0, 0.1) is 6.92 Å². The Bertz CT molecular complexity index is 1480. The van der Waals surface area contributed by atoms with Gasteiger partial charge < -0.3 is 14.6 Å². The smallest absolute Gasteiger partial charge is 0.356 e. The van der Waals surface area contributed by atoms with E-state index in [1.807, 2.05) is 13.0 Å². The molecule has 2 aromatic carbocycles. The van der Waals surface area contributed by atoms with Crippen LogP contribution in [0.15, 0.2) is 71.7 Å². The molecule has 178 valence electrons. The molecular weight excluding hydrogens is 466 g/mol. The summed E-state index contributed by atoms with van der Waals surface area (Å²) < 4.78 is 6.92. The van der Waals surface area contributed by atoms with E-state index in [-0.39, 0.29) is 17.7 Å². The number of fused-ring (bicyclic) bond motifs is 1. The van der Waals surface area contributed by atoms with E-state index in [0.717, 1.165) is 5.56 Å². The number of hydrogen-bond donors (Lipinski definition) is 1. The molecule has 4 rings (SSSR count). The molecule has 0 aliphatic carbocycles. The largest absolute Gasteiger partial charge is 0.448 e. The van der Waals surface area contributed by atoms with Crippen molar-refractivity contribution in [3.63, 3.8) is 0 Å². The molecule has 1 amide bonds. The van der Waals surface area contributed by atoms with Crippen molar-refractivity contribution in [1.82, 2.24) is 9.55 Å². The third-order valence-electron chi connectivity index (χ3n) is 5.71. The van der Waals surface area contributed by atoms with Crippen molar-refractivity contribution in [3.8, 4) is 11.1 Å². The first-order valence-corrected chi connectivity index (χ1v) is 11.5. The Balaban J connectivity index is 1.76. The van der Waals surface area contributed by atoms with Gasteiger partial charge in [0.05, 0.1) is 0 Å². The average Bonchev–Trinajstić information content (AvgIpc) is 2.85. The van der Waals surface area contributed by atoms with Crippen molar-refractivity contribution in [2.24, 2.45) is 7.05 Å². The number of esters is 1. The first-order chi connectivity index (χ1) is 16.8. The van der Waals surface area contributed by atoms with E-state index in [1.165, 1.54) is 11.6 Å². The van der Waals surface area contributed by atoms with Crippen LogP contribution in [-0.2, 0) is 16.6 Å². The molecule has 0 bridgehead atoms. The fourth-order valence-electron chi connectivity index (χ4n) is 3.93. The predicted molar refractivity (Wildman–Crippen MR) is 137 cm³/mol. The van der Waals surface area contributed by atoms with E-state index in [2.05, 4.69) is 10.3 Å². The van der Waals surface area contributed by atoms with E-state index in [4.69, 9.17) is 16.3 Å². The molecule has 2 aromatic heterocycles. The number of carbonyl (C=O) groups is 2. The number of amides is 1. The Morgan fingerprint density at radius 2 is 1.77 bits per heavy atom. The minimum absolute atomic E-state index is 0.0518. The fourth-order valence-corrected chi connectivity index (χ4v) is 4.06. The molecule has 1 atom stereocenters. The van der Waals surface area contributed by atoms with Gasteiger partial charge in [0.2, 0.25) is 0 Å². The van der Waals surface area contributed by atoms with E-state index in [1.54, 1.807) is 67.7 Å². The number of halogens is 1. The van der Waals surface area contributed by atoms with Crippen molar-refractivity contribution >= 4 is 40.1 Å². The zero-order chi connectivity index (χ0) is 25.1. The number of rotatable bonds is 6. The summed E-state index contributed by atoms with van der Waals surface area (Å²) >= 11 is 6.08. The summed E-state index contributed by atoms with van der Waals surface area (Å²) in [7, 11) is 1.52. The molecule has 7 nitrogen and oxygen atoms in total. The standard InChI is InChI=1S/C27H24ClN3O4/c1-4-21(25(32)30-22-15-16(2)13-14-29-22)35-27(34)24-23(17-9-11-18(28)12-10-17)19-7-5-6-8-20(19)26(33)31(24)3/h5-15,21H,4H2,1-3H3,(H,29,30,32). The highest BCUT2D eigenvalue weighted by atomic mass is 35.5. The van der Waals surface area contributed by atoms with Crippen molar-refractivity contribution in [3.05, 3.63) is 93.5 Å². The monoisotopic (exact) mass is 489 g/mol. The van der Waals surface area contributed by atoms with Gasteiger partial charge >= 0.3 is 5.97 Å². The highest BCUT2D eigenvalue weighted by Gasteiger charge is 2.28. The van der Waals surface area contributed by atoms with Gasteiger partial charge in [-0.25, -0.2) is 9.78 Å². The first-order valence-electron chi connectivity index (χ1n) is 11.1. The number of aromatic nitrogens is 2. The second-order valence-corrected chi connectivity index (χ2v) is 8.59. The maximum absolute atomic E-state index is 13.5. The average molecular weight is 490 g/mol. The maximum Gasteiger partial charge on any atom is 0.356 e. The van der Waals surface area contributed by atoms with Crippen LogP contribution in [0.3, 0.4) is 0 Å². The summed E-state index contributed by atoms with van der Waals surface area (Å²) in [5, 5.41) is 4.30.